The molecule has 1 aromatic rings. The van der Waals surface area contributed by atoms with E-state index in [1.165, 1.54) is 11.3 Å². The van der Waals surface area contributed by atoms with Crippen LogP contribution >= 0.6 is 11.3 Å². The Morgan fingerprint density at radius 1 is 1.43 bits per heavy atom. The standard InChI is InChI=1S/C9H14O3S2/c1-2-3-4-7-12-14(10,11)9-6-5-8-13-9/h5-6,8H,2-4,7H2,1H3. The van der Waals surface area contributed by atoms with Gasteiger partial charge in [0.05, 0.1) is 6.61 Å². The van der Waals surface area contributed by atoms with Gasteiger partial charge in [-0.05, 0) is 17.9 Å². The highest BCUT2D eigenvalue weighted by atomic mass is 32.3. The first kappa shape index (κ1) is 11.7. The number of hydrogen-bond acceptors (Lipinski definition) is 4. The van der Waals surface area contributed by atoms with Crippen molar-refractivity contribution < 1.29 is 12.6 Å². The summed E-state index contributed by atoms with van der Waals surface area (Å²) in [5.41, 5.74) is 0. The summed E-state index contributed by atoms with van der Waals surface area (Å²) in [7, 11) is -3.48. The van der Waals surface area contributed by atoms with E-state index >= 15 is 0 Å². The highest BCUT2D eigenvalue weighted by Gasteiger charge is 2.15. The topological polar surface area (TPSA) is 43.4 Å². The monoisotopic (exact) mass is 234 g/mol. The second kappa shape index (κ2) is 5.48. The fraction of sp³-hybridized carbons (Fsp3) is 0.556. The van der Waals surface area contributed by atoms with Gasteiger partial charge < -0.3 is 0 Å². The summed E-state index contributed by atoms with van der Waals surface area (Å²) >= 11 is 1.18. The van der Waals surface area contributed by atoms with Crippen LogP contribution < -0.4 is 0 Å². The summed E-state index contributed by atoms with van der Waals surface area (Å²) in [6, 6.07) is 3.26. The predicted octanol–water partition coefficient (Wildman–Crippen LogP) is 2.64. The average Bonchev–Trinajstić information content (AvgIpc) is 2.65. The largest absolute Gasteiger partial charge is 0.306 e. The molecule has 1 aromatic heterocycles. The Kier molecular flexibility index (Phi) is 4.57. The van der Waals surface area contributed by atoms with Crippen LogP contribution in [0.15, 0.2) is 21.7 Å². The Morgan fingerprint density at radius 3 is 2.79 bits per heavy atom. The van der Waals surface area contributed by atoms with Crippen LogP contribution in [0.3, 0.4) is 0 Å². The van der Waals surface area contributed by atoms with Gasteiger partial charge in [-0.2, -0.15) is 8.42 Å². The minimum Gasteiger partial charge on any atom is -0.266 e. The highest BCUT2D eigenvalue weighted by Crippen LogP contribution is 2.18. The molecule has 0 aliphatic carbocycles. The van der Waals surface area contributed by atoms with Gasteiger partial charge in [-0.3, -0.25) is 4.18 Å². The van der Waals surface area contributed by atoms with Crippen molar-refractivity contribution in [2.45, 2.75) is 30.4 Å². The van der Waals surface area contributed by atoms with Crippen LogP contribution in [0.4, 0.5) is 0 Å². The van der Waals surface area contributed by atoms with Crippen LogP contribution in [0.5, 0.6) is 0 Å². The molecule has 0 aliphatic rings. The van der Waals surface area contributed by atoms with E-state index in [0.717, 1.165) is 19.3 Å². The van der Waals surface area contributed by atoms with E-state index in [2.05, 4.69) is 6.92 Å². The molecule has 3 nitrogen and oxygen atoms in total. The van der Waals surface area contributed by atoms with Gasteiger partial charge >= 0.3 is 10.1 Å². The zero-order chi connectivity index (χ0) is 10.4. The molecule has 0 aliphatic heterocycles. The number of rotatable bonds is 6. The quantitative estimate of drug-likeness (QED) is 0.561. The van der Waals surface area contributed by atoms with Crippen LogP contribution in [0, 0.1) is 0 Å². The maximum atomic E-state index is 11.4. The molecule has 0 saturated carbocycles. The molecular formula is C9H14O3S2. The molecule has 0 atom stereocenters. The lowest BCUT2D eigenvalue weighted by Crippen LogP contribution is -2.05. The van der Waals surface area contributed by atoms with Gasteiger partial charge in [0.25, 0.3) is 0 Å². The van der Waals surface area contributed by atoms with E-state index in [1.54, 1.807) is 17.5 Å². The molecule has 1 rings (SSSR count). The van der Waals surface area contributed by atoms with Crippen molar-refractivity contribution in [3.05, 3.63) is 17.5 Å². The minimum atomic E-state index is -3.48. The molecule has 0 radical (unpaired) electrons. The summed E-state index contributed by atoms with van der Waals surface area (Å²) in [4.78, 5) is 0. The molecule has 80 valence electrons. The van der Waals surface area contributed by atoms with Crippen LogP contribution in [-0.2, 0) is 14.3 Å². The average molecular weight is 234 g/mol. The summed E-state index contributed by atoms with van der Waals surface area (Å²) in [6.07, 6.45) is 2.85. The molecule has 14 heavy (non-hydrogen) atoms. The highest BCUT2D eigenvalue weighted by molar-refractivity contribution is 7.89. The first-order chi connectivity index (χ1) is 6.67. The Labute approximate surface area is 88.8 Å². The van der Waals surface area contributed by atoms with Crippen LogP contribution in [0.1, 0.15) is 26.2 Å². The van der Waals surface area contributed by atoms with E-state index in [1.807, 2.05) is 0 Å². The van der Waals surface area contributed by atoms with Crippen LogP contribution in [-0.4, -0.2) is 15.0 Å². The maximum absolute atomic E-state index is 11.4. The van der Waals surface area contributed by atoms with E-state index in [9.17, 15) is 8.42 Å². The molecule has 0 spiro atoms. The second-order valence-corrected chi connectivity index (χ2v) is 5.71. The zero-order valence-corrected chi connectivity index (χ0v) is 9.73. The summed E-state index contributed by atoms with van der Waals surface area (Å²) in [5.74, 6) is 0. The Bertz CT molecular complexity index is 340. The molecule has 0 bridgehead atoms. The molecule has 0 amide bonds. The lowest BCUT2D eigenvalue weighted by molar-refractivity contribution is 0.309. The van der Waals surface area contributed by atoms with Crippen molar-refractivity contribution in [3.8, 4) is 0 Å². The van der Waals surface area contributed by atoms with Gasteiger partial charge in [0, 0.05) is 0 Å². The third-order valence-corrected chi connectivity index (χ3v) is 4.40. The molecule has 0 fully saturated rings. The first-order valence-corrected chi connectivity index (χ1v) is 6.88. The molecular weight excluding hydrogens is 220 g/mol. The van der Waals surface area contributed by atoms with Crippen molar-refractivity contribution in [2.75, 3.05) is 6.61 Å². The SMILES string of the molecule is CCCCCOS(=O)(=O)c1cccs1. The van der Waals surface area contributed by atoms with E-state index in [4.69, 9.17) is 4.18 Å². The van der Waals surface area contributed by atoms with Gasteiger partial charge in [0.2, 0.25) is 0 Å². The first-order valence-electron chi connectivity index (χ1n) is 4.60. The van der Waals surface area contributed by atoms with Gasteiger partial charge in [-0.1, -0.05) is 25.8 Å². The van der Waals surface area contributed by atoms with Gasteiger partial charge in [0.15, 0.2) is 0 Å². The normalized spacial score (nSPS) is 11.8. The van der Waals surface area contributed by atoms with Crippen molar-refractivity contribution in [1.29, 1.82) is 0 Å². The number of hydrogen-bond donors (Lipinski definition) is 0. The molecule has 1 heterocycles. The molecule has 0 saturated heterocycles. The smallest absolute Gasteiger partial charge is 0.266 e. The van der Waals surface area contributed by atoms with Crippen molar-refractivity contribution >= 4 is 21.5 Å². The van der Waals surface area contributed by atoms with Crippen molar-refractivity contribution in [3.63, 3.8) is 0 Å². The predicted molar refractivity (Wildman–Crippen MR) is 57.0 cm³/mol. The summed E-state index contributed by atoms with van der Waals surface area (Å²) in [5, 5.41) is 1.72. The fourth-order valence-electron chi connectivity index (χ4n) is 0.985. The number of thiophene rings is 1. The Hall–Kier alpha value is -0.390. The molecule has 5 heteroatoms. The van der Waals surface area contributed by atoms with Gasteiger partial charge in [-0.25, -0.2) is 0 Å². The summed E-state index contributed by atoms with van der Waals surface area (Å²) < 4.78 is 28.0. The van der Waals surface area contributed by atoms with E-state index in [-0.39, 0.29) is 10.8 Å². The molecule has 0 aromatic carbocycles. The van der Waals surface area contributed by atoms with Gasteiger partial charge in [-0.15, -0.1) is 11.3 Å². The van der Waals surface area contributed by atoms with E-state index < -0.39 is 10.1 Å². The van der Waals surface area contributed by atoms with E-state index in [0.29, 0.717) is 0 Å². The Morgan fingerprint density at radius 2 is 2.21 bits per heavy atom. The van der Waals surface area contributed by atoms with Gasteiger partial charge in [0.1, 0.15) is 4.21 Å². The van der Waals surface area contributed by atoms with Crippen molar-refractivity contribution in [2.24, 2.45) is 0 Å². The number of unbranched alkanes of at least 4 members (excludes halogenated alkanes) is 2. The fourth-order valence-corrected chi connectivity index (χ4v) is 2.91. The molecule has 0 N–H and O–H groups in total. The Balaban J connectivity index is 2.44. The van der Waals surface area contributed by atoms with Crippen LogP contribution in [0.25, 0.3) is 0 Å². The van der Waals surface area contributed by atoms with Crippen molar-refractivity contribution in [1.82, 2.24) is 0 Å². The maximum Gasteiger partial charge on any atom is 0.306 e. The summed E-state index contributed by atoms with van der Waals surface area (Å²) in [6.45, 7) is 2.35. The molecule has 0 unspecified atom stereocenters. The third kappa shape index (κ3) is 3.40. The third-order valence-electron chi connectivity index (χ3n) is 1.73. The lowest BCUT2D eigenvalue weighted by Gasteiger charge is -2.02. The second-order valence-electron chi connectivity index (χ2n) is 2.92. The lowest BCUT2D eigenvalue weighted by atomic mass is 10.3. The zero-order valence-electron chi connectivity index (χ0n) is 8.10. The minimum absolute atomic E-state index is 0.286. The van der Waals surface area contributed by atoms with Crippen LogP contribution in [0.2, 0.25) is 0 Å².